The Bertz CT molecular complexity index is 380. The lowest BCUT2D eigenvalue weighted by atomic mass is 10.1. The molecule has 0 atom stereocenters. The van der Waals surface area contributed by atoms with E-state index in [1.54, 1.807) is 12.1 Å². The molecular formula is C10H14O2S. The molecule has 72 valence electrons. The zero-order chi connectivity index (χ0) is 9.90. The van der Waals surface area contributed by atoms with Gasteiger partial charge in [0.05, 0.1) is 4.90 Å². The molecule has 0 N–H and O–H groups in total. The van der Waals surface area contributed by atoms with Gasteiger partial charge in [0.25, 0.3) is 0 Å². The van der Waals surface area contributed by atoms with Crippen molar-refractivity contribution >= 4 is 9.84 Å². The van der Waals surface area contributed by atoms with Gasteiger partial charge in [-0.2, -0.15) is 0 Å². The number of hydrogen-bond donors (Lipinski definition) is 0. The normalized spacial score (nSPS) is 11.5. The lowest BCUT2D eigenvalue weighted by Crippen LogP contribution is -2.01. The van der Waals surface area contributed by atoms with E-state index in [4.69, 9.17) is 0 Å². The molecule has 0 heterocycles. The quantitative estimate of drug-likeness (QED) is 0.745. The molecule has 0 radical (unpaired) electrons. The second-order valence-electron chi connectivity index (χ2n) is 3.13. The Balaban J connectivity index is 3.20. The van der Waals surface area contributed by atoms with Gasteiger partial charge in [0, 0.05) is 6.26 Å². The first-order valence-electron chi connectivity index (χ1n) is 4.33. The molecule has 0 amide bonds. The predicted molar refractivity (Wildman–Crippen MR) is 53.5 cm³/mol. The summed E-state index contributed by atoms with van der Waals surface area (Å²) in [6.07, 6.45) is 3.04. The number of hydrogen-bond acceptors (Lipinski definition) is 2. The molecule has 0 aliphatic rings. The second-order valence-corrected chi connectivity index (χ2v) is 5.11. The van der Waals surface area contributed by atoms with Gasteiger partial charge in [0.15, 0.2) is 9.84 Å². The van der Waals surface area contributed by atoms with E-state index in [0.29, 0.717) is 4.90 Å². The average molecular weight is 198 g/mol. The molecule has 0 aliphatic heterocycles. The van der Waals surface area contributed by atoms with Crippen LogP contribution in [0.25, 0.3) is 0 Å². The molecule has 0 unspecified atom stereocenters. The summed E-state index contributed by atoms with van der Waals surface area (Å²) in [5.41, 5.74) is 0.924. The van der Waals surface area contributed by atoms with E-state index in [9.17, 15) is 8.42 Å². The van der Waals surface area contributed by atoms with Crippen LogP contribution in [0.1, 0.15) is 18.9 Å². The molecule has 3 heteroatoms. The van der Waals surface area contributed by atoms with Crippen LogP contribution in [-0.2, 0) is 16.3 Å². The molecule has 1 aromatic rings. The monoisotopic (exact) mass is 198 g/mol. The molecule has 1 rings (SSSR count). The maximum absolute atomic E-state index is 11.3. The van der Waals surface area contributed by atoms with Crippen molar-refractivity contribution in [3.63, 3.8) is 0 Å². The topological polar surface area (TPSA) is 34.1 Å². The van der Waals surface area contributed by atoms with Crippen molar-refractivity contribution in [3.05, 3.63) is 29.8 Å². The average Bonchev–Trinajstić information content (AvgIpc) is 2.04. The van der Waals surface area contributed by atoms with Crippen LogP contribution in [0.15, 0.2) is 29.2 Å². The summed E-state index contributed by atoms with van der Waals surface area (Å²) in [6, 6.07) is 7.18. The summed E-state index contributed by atoms with van der Waals surface area (Å²) in [7, 11) is -3.06. The van der Waals surface area contributed by atoms with E-state index in [1.807, 2.05) is 19.1 Å². The van der Waals surface area contributed by atoms with Crippen LogP contribution in [0.3, 0.4) is 0 Å². The zero-order valence-electron chi connectivity index (χ0n) is 7.95. The Morgan fingerprint density at radius 2 is 1.85 bits per heavy atom. The lowest BCUT2D eigenvalue weighted by molar-refractivity contribution is 0.600. The zero-order valence-corrected chi connectivity index (χ0v) is 8.76. The van der Waals surface area contributed by atoms with Crippen LogP contribution >= 0.6 is 0 Å². The maximum Gasteiger partial charge on any atom is 0.175 e. The van der Waals surface area contributed by atoms with Gasteiger partial charge in [0.2, 0.25) is 0 Å². The van der Waals surface area contributed by atoms with Gasteiger partial charge >= 0.3 is 0 Å². The largest absolute Gasteiger partial charge is 0.224 e. The molecule has 0 saturated heterocycles. The highest BCUT2D eigenvalue weighted by Crippen LogP contribution is 2.16. The van der Waals surface area contributed by atoms with Crippen LogP contribution in [0.4, 0.5) is 0 Å². The van der Waals surface area contributed by atoms with Gasteiger partial charge in [-0.05, 0) is 18.1 Å². The first-order chi connectivity index (χ1) is 6.05. The highest BCUT2D eigenvalue weighted by molar-refractivity contribution is 7.90. The third-order valence-electron chi connectivity index (χ3n) is 1.89. The van der Waals surface area contributed by atoms with Gasteiger partial charge in [-0.15, -0.1) is 0 Å². The molecular weight excluding hydrogens is 184 g/mol. The standard InChI is InChI=1S/C10H14O2S/c1-3-6-9-7-4-5-8-10(9)13(2,11)12/h4-5,7-8H,3,6H2,1-2H3. The summed E-state index contributed by atoms with van der Waals surface area (Å²) in [5, 5.41) is 0. The van der Waals surface area contributed by atoms with Crippen molar-refractivity contribution in [2.45, 2.75) is 24.7 Å². The van der Waals surface area contributed by atoms with Gasteiger partial charge in [0.1, 0.15) is 0 Å². The van der Waals surface area contributed by atoms with Gasteiger partial charge in [-0.3, -0.25) is 0 Å². The number of rotatable bonds is 3. The minimum atomic E-state index is -3.06. The van der Waals surface area contributed by atoms with Gasteiger partial charge in [-0.1, -0.05) is 31.5 Å². The smallest absolute Gasteiger partial charge is 0.175 e. The highest BCUT2D eigenvalue weighted by atomic mass is 32.2. The molecule has 2 nitrogen and oxygen atoms in total. The van der Waals surface area contributed by atoms with Crippen LogP contribution in [0, 0.1) is 0 Å². The molecule has 13 heavy (non-hydrogen) atoms. The Kier molecular flexibility index (Phi) is 3.09. The first kappa shape index (κ1) is 10.3. The third kappa shape index (κ3) is 2.56. The molecule has 0 fully saturated rings. The van der Waals surface area contributed by atoms with Crippen molar-refractivity contribution in [2.75, 3.05) is 6.26 Å². The number of aryl methyl sites for hydroxylation is 1. The van der Waals surface area contributed by atoms with E-state index in [-0.39, 0.29) is 0 Å². The van der Waals surface area contributed by atoms with Gasteiger partial charge < -0.3 is 0 Å². The van der Waals surface area contributed by atoms with Crippen molar-refractivity contribution in [1.82, 2.24) is 0 Å². The van der Waals surface area contributed by atoms with Crippen molar-refractivity contribution < 1.29 is 8.42 Å². The minimum absolute atomic E-state index is 0.469. The Morgan fingerprint density at radius 3 is 2.38 bits per heavy atom. The van der Waals surface area contributed by atoms with Crippen LogP contribution in [0.5, 0.6) is 0 Å². The van der Waals surface area contributed by atoms with Crippen LogP contribution < -0.4 is 0 Å². The molecule has 0 bridgehead atoms. The number of benzene rings is 1. The fourth-order valence-corrected chi connectivity index (χ4v) is 2.31. The Labute approximate surface area is 79.5 Å². The van der Waals surface area contributed by atoms with Crippen molar-refractivity contribution in [3.8, 4) is 0 Å². The maximum atomic E-state index is 11.3. The summed E-state index contributed by atoms with van der Waals surface area (Å²) in [5.74, 6) is 0. The highest BCUT2D eigenvalue weighted by Gasteiger charge is 2.10. The summed E-state index contributed by atoms with van der Waals surface area (Å²) >= 11 is 0. The second kappa shape index (κ2) is 3.92. The molecule has 0 aliphatic carbocycles. The van der Waals surface area contributed by atoms with E-state index in [1.165, 1.54) is 6.26 Å². The van der Waals surface area contributed by atoms with E-state index < -0.39 is 9.84 Å². The minimum Gasteiger partial charge on any atom is -0.224 e. The predicted octanol–water partition coefficient (Wildman–Crippen LogP) is 2.04. The van der Waals surface area contributed by atoms with Crippen molar-refractivity contribution in [1.29, 1.82) is 0 Å². The van der Waals surface area contributed by atoms with E-state index >= 15 is 0 Å². The van der Waals surface area contributed by atoms with E-state index in [0.717, 1.165) is 18.4 Å². The Morgan fingerprint density at radius 1 is 1.23 bits per heavy atom. The molecule has 0 saturated carbocycles. The SMILES string of the molecule is CCCc1ccccc1S(C)(=O)=O. The molecule has 0 aromatic heterocycles. The molecule has 1 aromatic carbocycles. The lowest BCUT2D eigenvalue weighted by Gasteiger charge is -2.05. The van der Waals surface area contributed by atoms with Crippen LogP contribution in [-0.4, -0.2) is 14.7 Å². The van der Waals surface area contributed by atoms with Crippen LogP contribution in [0.2, 0.25) is 0 Å². The molecule has 0 spiro atoms. The first-order valence-corrected chi connectivity index (χ1v) is 6.23. The van der Waals surface area contributed by atoms with E-state index in [2.05, 4.69) is 0 Å². The summed E-state index contributed by atoms with van der Waals surface area (Å²) in [4.78, 5) is 0.469. The Hall–Kier alpha value is -0.830. The fraction of sp³-hybridized carbons (Fsp3) is 0.400. The van der Waals surface area contributed by atoms with Crippen molar-refractivity contribution in [2.24, 2.45) is 0 Å². The summed E-state index contributed by atoms with van der Waals surface area (Å²) in [6.45, 7) is 2.04. The summed E-state index contributed by atoms with van der Waals surface area (Å²) < 4.78 is 22.7. The number of sulfone groups is 1. The third-order valence-corrected chi connectivity index (χ3v) is 3.09. The fourth-order valence-electron chi connectivity index (χ4n) is 1.34. The van der Waals surface area contributed by atoms with Gasteiger partial charge in [-0.25, -0.2) is 8.42 Å².